The molecule has 2 heterocycles. The molecular weight excluding hydrogens is 416 g/mol. The molecule has 2 rings (SSSR count). The number of piperidine rings is 1. The Balaban J connectivity index is 2.06. The summed E-state index contributed by atoms with van der Waals surface area (Å²) in [6, 6.07) is 3.09. The molecule has 9 heteroatoms. The van der Waals surface area contributed by atoms with Crippen molar-refractivity contribution in [2.75, 3.05) is 13.1 Å². The van der Waals surface area contributed by atoms with Gasteiger partial charge in [0.2, 0.25) is 0 Å². The maximum atomic E-state index is 12.9. The Morgan fingerprint density at radius 3 is 2.71 bits per heavy atom. The first-order valence-electron chi connectivity index (χ1n) is 7.83. The number of rotatable bonds is 4. The highest BCUT2D eigenvalue weighted by Gasteiger charge is 2.34. The number of halogens is 1. The monoisotopic (exact) mass is 438 g/mol. The number of ether oxygens (including phenoxy) is 1. The number of alkyl carbamates (subject to hydrolysis) is 1. The van der Waals surface area contributed by atoms with Crippen LogP contribution in [0.2, 0.25) is 0 Å². The molecule has 0 unspecified atom stereocenters. The highest BCUT2D eigenvalue weighted by Crippen LogP contribution is 2.31. The van der Waals surface area contributed by atoms with Crippen molar-refractivity contribution in [3.8, 4) is 0 Å². The Morgan fingerprint density at radius 1 is 1.42 bits per heavy atom. The van der Waals surface area contributed by atoms with Gasteiger partial charge in [0.05, 0.1) is 3.79 Å². The number of amides is 1. The highest BCUT2D eigenvalue weighted by molar-refractivity contribution is 9.11. The van der Waals surface area contributed by atoms with E-state index < -0.39 is 21.7 Å². The molecule has 1 fully saturated rings. The van der Waals surface area contributed by atoms with E-state index in [2.05, 4.69) is 21.2 Å². The SMILES string of the molecule is CC(C)(C)OC(=O)NC[C@@H]1CCCCN1S(=O)(=O)c1ccc(Br)s1. The number of hydrogen-bond donors (Lipinski definition) is 1. The molecule has 6 nitrogen and oxygen atoms in total. The van der Waals surface area contributed by atoms with Gasteiger partial charge in [-0.25, -0.2) is 13.2 Å². The molecule has 1 N–H and O–H groups in total. The standard InChI is InChI=1S/C15H23BrN2O4S2/c1-15(2,3)22-14(19)17-10-11-6-4-5-9-18(11)24(20,21)13-8-7-12(16)23-13/h7-8,11H,4-6,9-10H2,1-3H3,(H,17,19)/t11-/m0/s1. The maximum absolute atomic E-state index is 12.9. The van der Waals surface area contributed by atoms with Crippen LogP contribution in [0.15, 0.2) is 20.1 Å². The van der Waals surface area contributed by atoms with Gasteiger partial charge in [0.15, 0.2) is 0 Å². The van der Waals surface area contributed by atoms with Crippen LogP contribution in [0, 0.1) is 0 Å². The average Bonchev–Trinajstić information content (AvgIpc) is 2.91. The molecule has 136 valence electrons. The van der Waals surface area contributed by atoms with Crippen molar-refractivity contribution in [3.63, 3.8) is 0 Å². The van der Waals surface area contributed by atoms with E-state index in [-0.39, 0.29) is 12.6 Å². The molecule has 1 saturated heterocycles. The Kier molecular flexibility index (Phi) is 6.33. The zero-order chi connectivity index (χ0) is 18.0. The van der Waals surface area contributed by atoms with Crippen LogP contribution in [0.5, 0.6) is 0 Å². The van der Waals surface area contributed by atoms with E-state index in [0.717, 1.165) is 23.0 Å². The molecule has 0 bridgehead atoms. The van der Waals surface area contributed by atoms with E-state index >= 15 is 0 Å². The summed E-state index contributed by atoms with van der Waals surface area (Å²) in [6.45, 7) is 6.09. The van der Waals surface area contributed by atoms with Gasteiger partial charge >= 0.3 is 6.09 Å². The molecule has 1 aromatic rings. The van der Waals surface area contributed by atoms with Gasteiger partial charge < -0.3 is 10.1 Å². The van der Waals surface area contributed by atoms with Gasteiger partial charge in [0.1, 0.15) is 9.81 Å². The quantitative estimate of drug-likeness (QED) is 0.778. The first-order valence-corrected chi connectivity index (χ1v) is 10.9. The first-order chi connectivity index (χ1) is 11.1. The summed E-state index contributed by atoms with van der Waals surface area (Å²) in [4.78, 5) is 11.8. The van der Waals surface area contributed by atoms with Crippen LogP contribution in [-0.4, -0.2) is 43.5 Å². The zero-order valence-corrected chi connectivity index (χ0v) is 17.3. The number of carbonyl (C=O) groups excluding carboxylic acids is 1. The van der Waals surface area contributed by atoms with Gasteiger partial charge in [-0.15, -0.1) is 11.3 Å². The van der Waals surface area contributed by atoms with Crippen molar-refractivity contribution >= 4 is 43.4 Å². The van der Waals surface area contributed by atoms with Crippen LogP contribution in [0.25, 0.3) is 0 Å². The van der Waals surface area contributed by atoms with E-state index in [9.17, 15) is 13.2 Å². The van der Waals surface area contributed by atoms with Crippen LogP contribution in [-0.2, 0) is 14.8 Å². The minimum absolute atomic E-state index is 0.251. The van der Waals surface area contributed by atoms with E-state index in [4.69, 9.17) is 4.74 Å². The lowest BCUT2D eigenvalue weighted by Gasteiger charge is -2.34. The van der Waals surface area contributed by atoms with Gasteiger partial charge in [-0.2, -0.15) is 4.31 Å². The Hall–Kier alpha value is -0.640. The van der Waals surface area contributed by atoms with E-state index in [1.165, 1.54) is 15.6 Å². The normalized spacial score (nSPS) is 19.9. The van der Waals surface area contributed by atoms with E-state index in [1.54, 1.807) is 32.9 Å². The predicted octanol–water partition coefficient (Wildman–Crippen LogP) is 3.58. The van der Waals surface area contributed by atoms with E-state index in [0.29, 0.717) is 10.8 Å². The molecule has 1 amide bonds. The molecule has 0 spiro atoms. The fourth-order valence-corrected chi connectivity index (χ4v) is 6.39. The van der Waals surface area contributed by atoms with Crippen molar-refractivity contribution in [2.45, 2.75) is 55.9 Å². The van der Waals surface area contributed by atoms with Crippen LogP contribution in [0.3, 0.4) is 0 Å². The summed E-state index contributed by atoms with van der Waals surface area (Å²) >= 11 is 4.50. The second kappa shape index (κ2) is 7.72. The number of thiophene rings is 1. The molecule has 1 aliphatic rings. The smallest absolute Gasteiger partial charge is 0.407 e. The highest BCUT2D eigenvalue weighted by atomic mass is 79.9. The third kappa shape index (κ3) is 5.18. The lowest BCUT2D eigenvalue weighted by atomic mass is 10.1. The number of nitrogens with zero attached hydrogens (tertiary/aromatic N) is 1. The summed E-state index contributed by atoms with van der Waals surface area (Å²) in [5.41, 5.74) is -0.578. The molecule has 24 heavy (non-hydrogen) atoms. The molecule has 0 radical (unpaired) electrons. The van der Waals surface area contributed by atoms with Crippen molar-refractivity contribution < 1.29 is 17.9 Å². The van der Waals surface area contributed by atoms with Gasteiger partial charge in [-0.1, -0.05) is 6.42 Å². The van der Waals surface area contributed by atoms with Crippen LogP contribution in [0.4, 0.5) is 4.79 Å². The summed E-state index contributed by atoms with van der Waals surface area (Å²) in [5.74, 6) is 0. The topological polar surface area (TPSA) is 75.7 Å². The van der Waals surface area contributed by atoms with Gasteiger partial charge in [-0.3, -0.25) is 0 Å². The van der Waals surface area contributed by atoms with Crippen molar-refractivity contribution in [1.82, 2.24) is 9.62 Å². The van der Waals surface area contributed by atoms with Gasteiger partial charge in [-0.05, 0) is 61.7 Å². The Morgan fingerprint density at radius 2 is 2.12 bits per heavy atom. The molecule has 0 saturated carbocycles. The summed E-state index contributed by atoms with van der Waals surface area (Å²) in [5, 5.41) is 2.69. The Labute approximate surface area is 155 Å². The largest absolute Gasteiger partial charge is 0.444 e. The third-order valence-electron chi connectivity index (χ3n) is 3.57. The van der Waals surface area contributed by atoms with Crippen molar-refractivity contribution in [2.24, 2.45) is 0 Å². The van der Waals surface area contributed by atoms with E-state index in [1.807, 2.05) is 0 Å². The summed E-state index contributed by atoms with van der Waals surface area (Å²) in [7, 11) is -3.54. The number of nitrogens with one attached hydrogen (secondary N) is 1. The third-order valence-corrected chi connectivity index (χ3v) is 7.61. The van der Waals surface area contributed by atoms with Crippen LogP contribution in [0.1, 0.15) is 40.0 Å². The molecule has 0 aliphatic carbocycles. The molecular formula is C15H23BrN2O4S2. The predicted molar refractivity (Wildman–Crippen MR) is 97.8 cm³/mol. The summed E-state index contributed by atoms with van der Waals surface area (Å²) < 4.78 is 33.5. The Bertz CT molecular complexity index is 682. The minimum atomic E-state index is -3.54. The second-order valence-corrected chi connectivity index (χ2v) is 11.3. The molecule has 1 aromatic heterocycles. The van der Waals surface area contributed by atoms with Crippen LogP contribution >= 0.6 is 27.3 Å². The zero-order valence-electron chi connectivity index (χ0n) is 14.0. The first kappa shape index (κ1) is 19.7. The average molecular weight is 439 g/mol. The number of sulfonamides is 1. The van der Waals surface area contributed by atoms with Crippen molar-refractivity contribution in [3.05, 3.63) is 15.9 Å². The molecule has 1 atom stereocenters. The number of hydrogen-bond acceptors (Lipinski definition) is 5. The molecule has 0 aromatic carbocycles. The lowest BCUT2D eigenvalue weighted by molar-refractivity contribution is 0.0512. The van der Waals surface area contributed by atoms with Crippen molar-refractivity contribution in [1.29, 1.82) is 0 Å². The van der Waals surface area contributed by atoms with Gasteiger partial charge in [0.25, 0.3) is 10.0 Å². The molecule has 1 aliphatic heterocycles. The maximum Gasteiger partial charge on any atom is 0.407 e. The fraction of sp³-hybridized carbons (Fsp3) is 0.667. The lowest BCUT2D eigenvalue weighted by Crippen LogP contribution is -2.49. The summed E-state index contributed by atoms with van der Waals surface area (Å²) in [6.07, 6.45) is 1.97. The second-order valence-electron chi connectivity index (χ2n) is 6.71. The number of carbonyl (C=O) groups is 1. The van der Waals surface area contributed by atoms with Crippen LogP contribution < -0.4 is 5.32 Å². The fourth-order valence-electron chi connectivity index (χ4n) is 2.56. The van der Waals surface area contributed by atoms with Gasteiger partial charge in [0, 0.05) is 19.1 Å². The minimum Gasteiger partial charge on any atom is -0.444 e.